The number of aromatic nitrogens is 2. The van der Waals surface area contributed by atoms with E-state index in [1.165, 1.54) is 18.2 Å². The normalized spacial score (nSPS) is 11.8. The molecule has 0 spiro atoms. The Morgan fingerprint density at radius 1 is 1.35 bits per heavy atom. The topological polar surface area (TPSA) is 99.7 Å². The largest absolute Gasteiger partial charge is 0.504 e. The number of phenolic OH excluding ortho intramolecular Hbond substituents is 2. The number of para-hydroxylation sites is 1. The van der Waals surface area contributed by atoms with Gasteiger partial charge in [0.25, 0.3) is 5.91 Å². The summed E-state index contributed by atoms with van der Waals surface area (Å²) >= 11 is 0. The highest BCUT2D eigenvalue weighted by atomic mass is 19.4. The van der Waals surface area contributed by atoms with Gasteiger partial charge in [-0.05, 0) is 18.2 Å². The van der Waals surface area contributed by atoms with Crippen LogP contribution >= 0.6 is 0 Å². The highest BCUT2D eigenvalue weighted by molar-refractivity contribution is 5.86. The molecule has 2 aromatic rings. The Kier molecular flexibility index (Phi) is 4.53. The average Bonchev–Trinajstić information content (AvgIpc) is 2.92. The molecule has 0 aliphatic carbocycles. The predicted octanol–water partition coefficient (Wildman–Crippen LogP) is 1.46. The molecule has 0 fully saturated rings. The number of carbonyl (C=O) groups is 1. The highest BCUT2D eigenvalue weighted by Crippen LogP contribution is 2.27. The maximum atomic E-state index is 12.4. The van der Waals surface area contributed by atoms with Crippen molar-refractivity contribution in [1.29, 1.82) is 0 Å². The van der Waals surface area contributed by atoms with Gasteiger partial charge in [-0.1, -0.05) is 6.07 Å². The van der Waals surface area contributed by atoms with Crippen molar-refractivity contribution in [2.75, 3.05) is 0 Å². The van der Waals surface area contributed by atoms with Gasteiger partial charge in [0.2, 0.25) is 0 Å². The Balaban J connectivity index is 1.94. The zero-order chi connectivity index (χ0) is 17.0. The van der Waals surface area contributed by atoms with Crippen LogP contribution in [0.4, 0.5) is 13.2 Å². The van der Waals surface area contributed by atoms with Crippen molar-refractivity contribution < 1.29 is 28.2 Å². The molecule has 0 unspecified atom stereocenters. The third-order valence-electron chi connectivity index (χ3n) is 2.68. The molecule has 7 nitrogen and oxygen atoms in total. The summed E-state index contributed by atoms with van der Waals surface area (Å²) < 4.78 is 37.9. The summed E-state index contributed by atoms with van der Waals surface area (Å²) in [6.45, 7) is -0.459. The van der Waals surface area contributed by atoms with Crippen molar-refractivity contribution in [2.45, 2.75) is 12.7 Å². The zero-order valence-electron chi connectivity index (χ0n) is 11.4. The molecule has 3 N–H and O–H groups in total. The predicted molar refractivity (Wildman–Crippen MR) is 72.7 cm³/mol. The van der Waals surface area contributed by atoms with Gasteiger partial charge in [0.05, 0.1) is 6.21 Å². The first-order chi connectivity index (χ1) is 10.8. The first-order valence-electron chi connectivity index (χ1n) is 6.21. The van der Waals surface area contributed by atoms with Gasteiger partial charge in [-0.25, -0.2) is 5.43 Å². The number of hydrogen-bond acceptors (Lipinski definition) is 5. The smallest absolute Gasteiger partial charge is 0.435 e. The van der Waals surface area contributed by atoms with Gasteiger partial charge in [0.1, 0.15) is 6.54 Å². The Bertz CT molecular complexity index is 740. The molecule has 0 radical (unpaired) electrons. The van der Waals surface area contributed by atoms with E-state index in [-0.39, 0.29) is 11.3 Å². The summed E-state index contributed by atoms with van der Waals surface area (Å²) in [7, 11) is 0. The van der Waals surface area contributed by atoms with E-state index in [0.29, 0.717) is 0 Å². The van der Waals surface area contributed by atoms with E-state index in [0.717, 1.165) is 23.2 Å². The summed E-state index contributed by atoms with van der Waals surface area (Å²) in [5.74, 6) is -1.47. The van der Waals surface area contributed by atoms with E-state index >= 15 is 0 Å². The molecule has 2 rings (SSSR count). The number of phenols is 2. The number of carbonyl (C=O) groups excluding carboxylic acids is 1. The van der Waals surface area contributed by atoms with Crippen LogP contribution in [-0.4, -0.2) is 32.1 Å². The fourth-order valence-electron chi connectivity index (χ4n) is 1.61. The standard InChI is InChI=1S/C13H11F3N4O3/c14-13(15,16)10-4-5-20(19-10)7-11(22)18-17-6-8-2-1-3-9(21)12(8)23/h1-6,21,23H,7H2,(H,18,22)/b17-6+. The Morgan fingerprint density at radius 3 is 2.74 bits per heavy atom. The van der Waals surface area contributed by atoms with Crippen LogP contribution in [0.3, 0.4) is 0 Å². The van der Waals surface area contributed by atoms with E-state index in [9.17, 15) is 28.2 Å². The lowest BCUT2D eigenvalue weighted by Gasteiger charge is -2.03. The van der Waals surface area contributed by atoms with Gasteiger partial charge < -0.3 is 10.2 Å². The van der Waals surface area contributed by atoms with Crippen LogP contribution in [0, 0.1) is 0 Å². The molecule has 1 aromatic heterocycles. The zero-order valence-corrected chi connectivity index (χ0v) is 11.4. The summed E-state index contributed by atoms with van der Waals surface area (Å²) in [6.07, 6.45) is -2.48. The molecule has 122 valence electrons. The number of benzene rings is 1. The molecular weight excluding hydrogens is 317 g/mol. The maximum absolute atomic E-state index is 12.4. The van der Waals surface area contributed by atoms with Crippen LogP contribution in [0.1, 0.15) is 11.3 Å². The number of nitrogens with zero attached hydrogens (tertiary/aromatic N) is 3. The van der Waals surface area contributed by atoms with Gasteiger partial charge in [-0.2, -0.15) is 23.4 Å². The van der Waals surface area contributed by atoms with Crippen LogP contribution in [-0.2, 0) is 17.5 Å². The van der Waals surface area contributed by atoms with Gasteiger partial charge >= 0.3 is 6.18 Å². The summed E-state index contributed by atoms with van der Waals surface area (Å²) in [6, 6.07) is 4.91. The third-order valence-corrected chi connectivity index (χ3v) is 2.68. The van der Waals surface area contributed by atoms with E-state index in [1.807, 2.05) is 0 Å². The Labute approximate surface area is 127 Å². The van der Waals surface area contributed by atoms with E-state index in [1.54, 1.807) is 0 Å². The van der Waals surface area contributed by atoms with Crippen molar-refractivity contribution in [3.8, 4) is 11.5 Å². The second-order valence-electron chi connectivity index (χ2n) is 4.40. The van der Waals surface area contributed by atoms with Crippen LogP contribution in [0.25, 0.3) is 0 Å². The number of alkyl halides is 3. The number of hydrogen-bond donors (Lipinski definition) is 3. The second kappa shape index (κ2) is 6.38. The molecule has 0 atom stereocenters. The Hall–Kier alpha value is -3.04. The monoisotopic (exact) mass is 328 g/mol. The molecule has 0 aliphatic rings. The van der Waals surface area contributed by atoms with Crippen molar-refractivity contribution in [2.24, 2.45) is 5.10 Å². The Morgan fingerprint density at radius 2 is 2.09 bits per heavy atom. The van der Waals surface area contributed by atoms with Crippen LogP contribution in [0.5, 0.6) is 11.5 Å². The average molecular weight is 328 g/mol. The first-order valence-corrected chi connectivity index (χ1v) is 6.21. The van der Waals surface area contributed by atoms with Crippen molar-refractivity contribution in [3.05, 3.63) is 41.7 Å². The molecule has 1 aromatic carbocycles. The molecule has 0 saturated heterocycles. The number of hydrazone groups is 1. The molecule has 0 aliphatic heterocycles. The maximum Gasteiger partial charge on any atom is 0.435 e. The van der Waals surface area contributed by atoms with Gasteiger partial charge in [-0.15, -0.1) is 0 Å². The summed E-state index contributed by atoms with van der Waals surface area (Å²) in [5, 5.41) is 25.5. The van der Waals surface area contributed by atoms with E-state index in [4.69, 9.17) is 0 Å². The van der Waals surface area contributed by atoms with Gasteiger partial charge in [0.15, 0.2) is 17.2 Å². The third kappa shape index (κ3) is 4.22. The SMILES string of the molecule is O=C(Cn1ccc(C(F)(F)F)n1)N/N=C/c1cccc(O)c1O. The minimum absolute atomic E-state index is 0.156. The molecule has 0 saturated carbocycles. The lowest BCUT2D eigenvalue weighted by Crippen LogP contribution is -2.23. The molecular formula is C13H11F3N4O3. The van der Waals surface area contributed by atoms with Crippen molar-refractivity contribution in [1.82, 2.24) is 15.2 Å². The molecule has 1 amide bonds. The minimum Gasteiger partial charge on any atom is -0.504 e. The fourth-order valence-corrected chi connectivity index (χ4v) is 1.61. The number of amides is 1. The molecule has 0 bridgehead atoms. The number of rotatable bonds is 4. The lowest BCUT2D eigenvalue weighted by atomic mass is 10.2. The van der Waals surface area contributed by atoms with Crippen LogP contribution in [0.15, 0.2) is 35.6 Å². The minimum atomic E-state index is -4.58. The fraction of sp³-hybridized carbons (Fsp3) is 0.154. The van der Waals surface area contributed by atoms with Gasteiger partial charge in [0, 0.05) is 11.8 Å². The van der Waals surface area contributed by atoms with Gasteiger partial charge in [-0.3, -0.25) is 9.48 Å². The second-order valence-corrected chi connectivity index (χ2v) is 4.40. The summed E-state index contributed by atoms with van der Waals surface area (Å²) in [5.41, 5.74) is 1.13. The summed E-state index contributed by atoms with van der Waals surface area (Å²) in [4.78, 5) is 11.5. The quantitative estimate of drug-likeness (QED) is 0.449. The van der Waals surface area contributed by atoms with E-state index < -0.39 is 30.1 Å². The lowest BCUT2D eigenvalue weighted by molar-refractivity contribution is -0.141. The number of nitrogens with one attached hydrogen (secondary N) is 1. The van der Waals surface area contributed by atoms with Crippen molar-refractivity contribution >= 4 is 12.1 Å². The van der Waals surface area contributed by atoms with Crippen LogP contribution in [0.2, 0.25) is 0 Å². The molecule has 1 heterocycles. The van der Waals surface area contributed by atoms with Crippen LogP contribution < -0.4 is 5.43 Å². The van der Waals surface area contributed by atoms with E-state index in [2.05, 4.69) is 15.6 Å². The highest BCUT2D eigenvalue weighted by Gasteiger charge is 2.33. The first kappa shape index (κ1) is 16.3. The number of aromatic hydroxyl groups is 2. The molecule has 10 heteroatoms. The number of halogens is 3. The molecule has 23 heavy (non-hydrogen) atoms. The van der Waals surface area contributed by atoms with Crippen molar-refractivity contribution in [3.63, 3.8) is 0 Å².